The summed E-state index contributed by atoms with van der Waals surface area (Å²) in [5.41, 5.74) is 4.01. The number of pyridine rings is 1. The molecule has 0 aliphatic heterocycles. The monoisotopic (exact) mass is 475 g/mol. The maximum Gasteiger partial charge on any atom is 0.362 e. The molecule has 1 aliphatic carbocycles. The highest BCUT2D eigenvalue weighted by atomic mass is 32.1. The fourth-order valence-electron chi connectivity index (χ4n) is 5.16. The van der Waals surface area contributed by atoms with Gasteiger partial charge in [-0.3, -0.25) is 9.20 Å². The van der Waals surface area contributed by atoms with E-state index < -0.39 is 5.63 Å². The highest BCUT2D eigenvalue weighted by Crippen LogP contribution is 2.46. The minimum atomic E-state index is -0.474. The standard InChI is InChI=1S/C30H21NO3S/c32-26-16-22(15-21-11-6-10-18-7-4-5-12-23(18)21)27(20-13-14-20)29-31(26)28-25(35-29)17-24(34-30(28)33)19-8-2-1-3-9-19/h1-12,16-17,20H,13-15H2. The van der Waals surface area contributed by atoms with Gasteiger partial charge in [-0.05, 0) is 52.6 Å². The lowest BCUT2D eigenvalue weighted by atomic mass is 9.95. The topological polar surface area (TPSA) is 51.7 Å². The van der Waals surface area contributed by atoms with E-state index in [4.69, 9.17) is 4.42 Å². The van der Waals surface area contributed by atoms with Gasteiger partial charge in [-0.2, -0.15) is 0 Å². The lowest BCUT2D eigenvalue weighted by Crippen LogP contribution is -2.18. The molecule has 3 heterocycles. The number of hydrogen-bond acceptors (Lipinski definition) is 4. The summed E-state index contributed by atoms with van der Waals surface area (Å²) in [5.74, 6) is 0.941. The van der Waals surface area contributed by atoms with E-state index in [2.05, 4.69) is 36.4 Å². The largest absolute Gasteiger partial charge is 0.421 e. The van der Waals surface area contributed by atoms with E-state index in [1.807, 2.05) is 42.5 Å². The number of thiazole rings is 1. The average Bonchev–Trinajstić information content (AvgIpc) is 3.63. The third-order valence-electron chi connectivity index (χ3n) is 6.92. The van der Waals surface area contributed by atoms with Crippen molar-refractivity contribution >= 4 is 37.2 Å². The summed E-state index contributed by atoms with van der Waals surface area (Å²) in [6, 6.07) is 27.9. The maximum atomic E-state index is 13.4. The van der Waals surface area contributed by atoms with Gasteiger partial charge in [-0.25, -0.2) is 4.79 Å². The maximum absolute atomic E-state index is 13.4. The Kier molecular flexibility index (Phi) is 4.54. The molecule has 4 nitrogen and oxygen atoms in total. The molecule has 0 bridgehead atoms. The van der Waals surface area contributed by atoms with Crippen molar-refractivity contribution in [3.63, 3.8) is 0 Å². The second-order valence-electron chi connectivity index (χ2n) is 9.23. The molecule has 1 saturated carbocycles. The van der Waals surface area contributed by atoms with Crippen LogP contribution in [0.3, 0.4) is 0 Å². The van der Waals surface area contributed by atoms with E-state index >= 15 is 0 Å². The van der Waals surface area contributed by atoms with Crippen LogP contribution in [0.2, 0.25) is 0 Å². The Bertz CT molecular complexity index is 1870. The zero-order valence-corrected chi connectivity index (χ0v) is 19.7. The fraction of sp³-hybridized carbons (Fsp3) is 0.133. The van der Waals surface area contributed by atoms with Crippen LogP contribution in [-0.2, 0) is 6.42 Å². The molecule has 0 N–H and O–H groups in total. The van der Waals surface area contributed by atoms with Gasteiger partial charge in [0.05, 0.1) is 4.70 Å². The molecule has 3 aromatic carbocycles. The van der Waals surface area contributed by atoms with Crippen LogP contribution in [0, 0.1) is 0 Å². The molecule has 0 amide bonds. The van der Waals surface area contributed by atoms with Gasteiger partial charge in [-0.15, -0.1) is 11.3 Å². The van der Waals surface area contributed by atoms with Crippen LogP contribution in [0.15, 0.2) is 98.9 Å². The summed E-state index contributed by atoms with van der Waals surface area (Å²) in [6.07, 6.45) is 2.90. The van der Waals surface area contributed by atoms with Crippen LogP contribution < -0.4 is 11.2 Å². The van der Waals surface area contributed by atoms with Gasteiger partial charge in [0.1, 0.15) is 10.6 Å². The summed E-state index contributed by atoms with van der Waals surface area (Å²) in [6.45, 7) is 0. The lowest BCUT2D eigenvalue weighted by Gasteiger charge is -2.12. The molecule has 5 heteroatoms. The number of rotatable bonds is 4. The molecule has 6 aromatic rings. The zero-order valence-electron chi connectivity index (χ0n) is 18.9. The van der Waals surface area contributed by atoms with Crippen molar-refractivity contribution in [1.29, 1.82) is 0 Å². The van der Waals surface area contributed by atoms with Gasteiger partial charge in [0.2, 0.25) is 0 Å². The van der Waals surface area contributed by atoms with Gasteiger partial charge in [-0.1, -0.05) is 72.8 Å². The molecule has 0 unspecified atom stereocenters. The minimum absolute atomic E-state index is 0.175. The lowest BCUT2D eigenvalue weighted by molar-refractivity contribution is 0.532. The first-order chi connectivity index (χ1) is 17.2. The van der Waals surface area contributed by atoms with Crippen LogP contribution in [0.1, 0.15) is 35.4 Å². The van der Waals surface area contributed by atoms with E-state index in [1.54, 1.807) is 10.5 Å². The summed E-state index contributed by atoms with van der Waals surface area (Å²) in [7, 11) is 0. The molecule has 1 aliphatic rings. The molecule has 0 atom stereocenters. The van der Waals surface area contributed by atoms with E-state index in [0.29, 0.717) is 23.6 Å². The van der Waals surface area contributed by atoms with Gasteiger partial charge >= 0.3 is 5.63 Å². The molecular weight excluding hydrogens is 454 g/mol. The van der Waals surface area contributed by atoms with Crippen molar-refractivity contribution in [3.05, 3.63) is 122 Å². The third-order valence-corrected chi connectivity index (χ3v) is 8.05. The third kappa shape index (κ3) is 3.34. The van der Waals surface area contributed by atoms with Crippen LogP contribution in [0.4, 0.5) is 0 Å². The second kappa shape index (κ2) is 7.79. The second-order valence-corrected chi connectivity index (χ2v) is 10.3. The Morgan fingerprint density at radius 2 is 1.63 bits per heavy atom. The number of nitrogens with zero attached hydrogens (tertiary/aromatic N) is 1. The van der Waals surface area contributed by atoms with Crippen molar-refractivity contribution in [3.8, 4) is 11.3 Å². The molecule has 0 saturated heterocycles. The molecule has 0 radical (unpaired) electrons. The Labute approximate surface area is 204 Å². The predicted octanol–water partition coefficient (Wildman–Crippen LogP) is 6.76. The highest BCUT2D eigenvalue weighted by Gasteiger charge is 2.31. The van der Waals surface area contributed by atoms with E-state index in [9.17, 15) is 9.59 Å². The molecule has 3 aromatic heterocycles. The quantitative estimate of drug-likeness (QED) is 0.283. The molecular formula is C30H21NO3S. The van der Waals surface area contributed by atoms with Crippen LogP contribution in [0.25, 0.3) is 37.1 Å². The smallest absolute Gasteiger partial charge is 0.362 e. The summed E-state index contributed by atoms with van der Waals surface area (Å²) in [4.78, 5) is 27.4. The molecule has 35 heavy (non-hydrogen) atoms. The van der Waals surface area contributed by atoms with Crippen molar-refractivity contribution in [2.45, 2.75) is 25.2 Å². The van der Waals surface area contributed by atoms with Crippen LogP contribution >= 0.6 is 11.3 Å². The summed E-state index contributed by atoms with van der Waals surface area (Å²) >= 11 is 1.53. The van der Waals surface area contributed by atoms with Crippen molar-refractivity contribution in [2.24, 2.45) is 0 Å². The van der Waals surface area contributed by atoms with Gasteiger partial charge < -0.3 is 4.42 Å². The Morgan fingerprint density at radius 1 is 0.857 bits per heavy atom. The molecule has 0 spiro atoms. The van der Waals surface area contributed by atoms with Crippen molar-refractivity contribution < 1.29 is 4.42 Å². The average molecular weight is 476 g/mol. The number of hydrogen-bond donors (Lipinski definition) is 0. The summed E-state index contributed by atoms with van der Waals surface area (Å²) < 4.78 is 8.04. The number of benzene rings is 3. The van der Waals surface area contributed by atoms with Crippen LogP contribution in [-0.4, -0.2) is 4.40 Å². The minimum Gasteiger partial charge on any atom is -0.421 e. The zero-order chi connectivity index (χ0) is 23.5. The summed E-state index contributed by atoms with van der Waals surface area (Å²) in [5, 5.41) is 2.41. The first kappa shape index (κ1) is 20.4. The van der Waals surface area contributed by atoms with E-state index in [-0.39, 0.29) is 5.56 Å². The Morgan fingerprint density at radius 3 is 2.46 bits per heavy atom. The molecule has 7 rings (SSSR count). The molecule has 170 valence electrons. The number of aromatic nitrogens is 1. The van der Waals surface area contributed by atoms with Gasteiger partial charge in [0, 0.05) is 17.7 Å². The first-order valence-corrected chi connectivity index (χ1v) is 12.7. The van der Waals surface area contributed by atoms with E-state index in [0.717, 1.165) is 33.5 Å². The highest BCUT2D eigenvalue weighted by molar-refractivity contribution is 7.24. The van der Waals surface area contributed by atoms with Crippen molar-refractivity contribution in [2.75, 3.05) is 0 Å². The first-order valence-electron chi connectivity index (χ1n) is 11.8. The predicted molar refractivity (Wildman–Crippen MR) is 142 cm³/mol. The van der Waals surface area contributed by atoms with Gasteiger partial charge in [0.15, 0.2) is 5.52 Å². The Balaban J connectivity index is 1.47. The number of fused-ring (bicyclic) bond motifs is 4. The SMILES string of the molecule is O=c1oc(-c2ccccc2)cc2sc3c(C4CC4)c(Cc4cccc5ccccc45)cc(=O)n3c12. The molecule has 1 fully saturated rings. The van der Waals surface area contributed by atoms with E-state index in [1.165, 1.54) is 33.2 Å². The van der Waals surface area contributed by atoms with Gasteiger partial charge in [0.25, 0.3) is 5.56 Å². The van der Waals surface area contributed by atoms with Crippen molar-refractivity contribution in [1.82, 2.24) is 4.40 Å². The van der Waals surface area contributed by atoms with Crippen LogP contribution in [0.5, 0.6) is 0 Å². The fourth-order valence-corrected chi connectivity index (χ4v) is 6.49. The Hall–Kier alpha value is -3.96. The normalized spacial score (nSPS) is 13.7.